The average molecular weight is 472 g/mol. The number of hydrogen-bond donors (Lipinski definition) is 0. The van der Waals surface area contributed by atoms with Gasteiger partial charge >= 0.3 is 0 Å². The van der Waals surface area contributed by atoms with Gasteiger partial charge in [0, 0.05) is 7.50 Å². The normalized spacial score (nSPS) is 39.6. The van der Waals surface area contributed by atoms with Crippen LogP contribution in [0.3, 0.4) is 0 Å². The molecule has 0 saturated carbocycles. The minimum atomic E-state index is 0.312. The fourth-order valence-corrected chi connectivity index (χ4v) is 2.87. The fraction of sp³-hybridized carbons (Fsp3) is 0.429. The van der Waals surface area contributed by atoms with Crippen molar-refractivity contribution in [1.29, 1.82) is 0 Å². The van der Waals surface area contributed by atoms with Gasteiger partial charge in [-0.3, -0.25) is 0 Å². The van der Waals surface area contributed by atoms with Gasteiger partial charge < -0.3 is 0 Å². The largest absolute Gasteiger partial charge is 0.0762 e. The summed E-state index contributed by atoms with van der Waals surface area (Å²) < 4.78 is 2.29. The standard InChI is InChI=1S/C7H7I3/c1-7(10)3-2-5(8)4-6(7)9/h2-4,6H,1H3. The first-order valence-corrected chi connectivity index (χ1v) is 6.32. The number of halogens is 3. The molecule has 0 aliphatic heterocycles. The third-order valence-corrected chi connectivity index (χ3v) is 6.01. The lowest BCUT2D eigenvalue weighted by atomic mass is 10.0. The Kier molecular flexibility index (Phi) is 3.50. The van der Waals surface area contributed by atoms with E-state index in [1.165, 1.54) is 3.58 Å². The van der Waals surface area contributed by atoms with Crippen molar-refractivity contribution in [3.8, 4) is 0 Å². The van der Waals surface area contributed by atoms with Crippen molar-refractivity contribution in [3.63, 3.8) is 0 Å². The molecule has 0 aromatic heterocycles. The van der Waals surface area contributed by atoms with E-state index in [1.54, 1.807) is 0 Å². The van der Waals surface area contributed by atoms with E-state index in [9.17, 15) is 0 Å². The Morgan fingerprint density at radius 1 is 1.60 bits per heavy atom. The molecule has 0 radical (unpaired) electrons. The first-order valence-electron chi connectivity index (χ1n) is 2.92. The summed E-state index contributed by atoms with van der Waals surface area (Å²) in [6.07, 6.45) is 6.75. The van der Waals surface area contributed by atoms with Crippen LogP contribution in [0.25, 0.3) is 0 Å². The summed E-state index contributed by atoms with van der Waals surface area (Å²) in [4.78, 5) is 0. The van der Waals surface area contributed by atoms with Gasteiger partial charge in [-0.1, -0.05) is 63.4 Å². The van der Waals surface area contributed by atoms with Crippen molar-refractivity contribution < 1.29 is 0 Å². The second-order valence-corrected chi connectivity index (χ2v) is 7.35. The maximum Gasteiger partial charge on any atom is 0.0529 e. The lowest BCUT2D eigenvalue weighted by Crippen LogP contribution is -2.25. The summed E-state index contributed by atoms with van der Waals surface area (Å²) in [6.45, 7) is 2.25. The van der Waals surface area contributed by atoms with Crippen molar-refractivity contribution in [2.45, 2.75) is 14.3 Å². The van der Waals surface area contributed by atoms with Crippen LogP contribution < -0.4 is 0 Å². The topological polar surface area (TPSA) is 0 Å². The third-order valence-electron chi connectivity index (χ3n) is 1.41. The molecule has 0 bridgehead atoms. The van der Waals surface area contributed by atoms with Crippen molar-refractivity contribution in [2.24, 2.45) is 0 Å². The second kappa shape index (κ2) is 3.59. The zero-order chi connectivity index (χ0) is 7.78. The van der Waals surface area contributed by atoms with E-state index in [-0.39, 0.29) is 0 Å². The summed E-state index contributed by atoms with van der Waals surface area (Å²) in [7, 11) is 0. The highest BCUT2D eigenvalue weighted by atomic mass is 127. The molecule has 0 aromatic rings. The zero-order valence-electron chi connectivity index (χ0n) is 5.44. The van der Waals surface area contributed by atoms with Gasteiger partial charge in [-0.15, -0.1) is 0 Å². The first kappa shape index (κ1) is 9.76. The smallest absolute Gasteiger partial charge is 0.0529 e. The molecule has 2 unspecified atom stereocenters. The van der Waals surface area contributed by atoms with E-state index < -0.39 is 0 Å². The minimum Gasteiger partial charge on any atom is -0.0762 e. The van der Waals surface area contributed by atoms with Crippen molar-refractivity contribution in [3.05, 3.63) is 21.8 Å². The molecule has 0 nitrogen and oxygen atoms in total. The van der Waals surface area contributed by atoms with Crippen LogP contribution in [0.15, 0.2) is 21.8 Å². The first-order chi connectivity index (χ1) is 4.52. The number of rotatable bonds is 0. The highest BCUT2D eigenvalue weighted by Crippen LogP contribution is 2.36. The maximum atomic E-state index is 2.48. The van der Waals surface area contributed by atoms with Crippen LogP contribution in [0.4, 0.5) is 0 Å². The number of alkyl halides is 2. The summed E-state index contributed by atoms with van der Waals surface area (Å²) in [5.41, 5.74) is 0. The molecule has 3 heteroatoms. The molecule has 0 N–H and O–H groups in total. The molecule has 1 aliphatic rings. The Bertz CT molecular complexity index is 191. The van der Waals surface area contributed by atoms with Crippen molar-refractivity contribution >= 4 is 67.8 Å². The molecule has 10 heavy (non-hydrogen) atoms. The molecule has 0 saturated heterocycles. The SMILES string of the molecule is CC1(I)C=CC(I)=CC1I. The lowest BCUT2D eigenvalue weighted by molar-refractivity contribution is 0.874. The van der Waals surface area contributed by atoms with Gasteiger partial charge in [-0.25, -0.2) is 0 Å². The van der Waals surface area contributed by atoms with Crippen LogP contribution >= 0.6 is 67.8 Å². The van der Waals surface area contributed by atoms with Gasteiger partial charge in [0.25, 0.3) is 0 Å². The Balaban J connectivity index is 2.84. The van der Waals surface area contributed by atoms with Gasteiger partial charge in [-0.05, 0) is 29.5 Å². The van der Waals surface area contributed by atoms with E-state index in [0.29, 0.717) is 7.35 Å². The summed E-state index contributed by atoms with van der Waals surface area (Å²) in [5, 5.41) is 0. The van der Waals surface area contributed by atoms with Crippen LogP contribution in [0, 0.1) is 0 Å². The Morgan fingerprint density at radius 3 is 2.60 bits per heavy atom. The van der Waals surface area contributed by atoms with Crippen molar-refractivity contribution in [1.82, 2.24) is 0 Å². The highest BCUT2D eigenvalue weighted by molar-refractivity contribution is 14.1. The molecule has 56 valence electrons. The number of hydrogen-bond acceptors (Lipinski definition) is 0. The van der Waals surface area contributed by atoms with Crippen molar-refractivity contribution in [2.75, 3.05) is 0 Å². The Hall–Kier alpha value is 1.67. The molecular formula is C7H7I3. The third kappa shape index (κ3) is 2.33. The fourth-order valence-electron chi connectivity index (χ4n) is 0.693. The highest BCUT2D eigenvalue weighted by Gasteiger charge is 2.26. The lowest BCUT2D eigenvalue weighted by Gasteiger charge is -2.25. The van der Waals surface area contributed by atoms with E-state index in [1.807, 2.05) is 0 Å². The molecule has 0 fully saturated rings. The maximum absolute atomic E-state index is 2.48. The van der Waals surface area contributed by atoms with Crippen LogP contribution in [0.2, 0.25) is 0 Å². The summed E-state index contributed by atoms with van der Waals surface area (Å²) in [5.74, 6) is 0. The second-order valence-electron chi connectivity index (χ2n) is 2.44. The van der Waals surface area contributed by atoms with Gasteiger partial charge in [0.15, 0.2) is 0 Å². The molecule has 2 atom stereocenters. The van der Waals surface area contributed by atoms with Gasteiger partial charge in [0.2, 0.25) is 0 Å². The minimum absolute atomic E-state index is 0.312. The predicted molar refractivity (Wildman–Crippen MR) is 71.5 cm³/mol. The summed E-state index contributed by atoms with van der Waals surface area (Å²) in [6, 6.07) is 0. The van der Waals surface area contributed by atoms with Crippen LogP contribution in [0.5, 0.6) is 0 Å². The monoisotopic (exact) mass is 472 g/mol. The van der Waals surface area contributed by atoms with Gasteiger partial charge in [0.1, 0.15) is 0 Å². The van der Waals surface area contributed by atoms with E-state index in [2.05, 4.69) is 92.9 Å². The van der Waals surface area contributed by atoms with Crippen LogP contribution in [-0.2, 0) is 0 Å². The van der Waals surface area contributed by atoms with E-state index in [0.717, 1.165) is 0 Å². The van der Waals surface area contributed by atoms with Gasteiger partial charge in [0.05, 0.1) is 3.42 Å². The molecule has 1 rings (SSSR count). The molecule has 0 spiro atoms. The van der Waals surface area contributed by atoms with E-state index >= 15 is 0 Å². The van der Waals surface area contributed by atoms with E-state index in [4.69, 9.17) is 0 Å². The predicted octanol–water partition coefficient (Wildman–Crippen LogP) is 3.87. The van der Waals surface area contributed by atoms with Crippen LogP contribution in [0.1, 0.15) is 6.92 Å². The molecule has 0 heterocycles. The molecule has 0 aromatic carbocycles. The van der Waals surface area contributed by atoms with Gasteiger partial charge in [-0.2, -0.15) is 0 Å². The Labute approximate surface area is 102 Å². The zero-order valence-corrected chi connectivity index (χ0v) is 11.9. The summed E-state index contributed by atoms with van der Waals surface area (Å²) >= 11 is 7.31. The molecule has 1 aliphatic carbocycles. The quantitative estimate of drug-likeness (QED) is 0.372. The Morgan fingerprint density at radius 2 is 2.20 bits per heavy atom. The average Bonchev–Trinajstić information content (AvgIpc) is 1.81. The number of allylic oxidation sites excluding steroid dienone is 4. The molecule has 0 amide bonds. The molecular weight excluding hydrogens is 465 g/mol. The van der Waals surface area contributed by atoms with Crippen LogP contribution in [-0.4, -0.2) is 7.35 Å².